The van der Waals surface area contributed by atoms with E-state index in [4.69, 9.17) is 10.2 Å². The molecule has 3 N–H and O–H groups in total. The third-order valence-corrected chi connectivity index (χ3v) is 4.62. The van der Waals surface area contributed by atoms with E-state index >= 15 is 0 Å². The zero-order valence-electron chi connectivity index (χ0n) is 13.0. The van der Waals surface area contributed by atoms with Crippen LogP contribution in [0.2, 0.25) is 0 Å². The lowest BCUT2D eigenvalue weighted by molar-refractivity contribution is 0.0472. The van der Waals surface area contributed by atoms with E-state index in [2.05, 4.69) is 20.1 Å². The molecule has 0 radical (unpaired) electrons. The van der Waals surface area contributed by atoms with E-state index in [0.29, 0.717) is 23.1 Å². The number of nitrogen functional groups attached to an aromatic ring is 1. The molecule has 0 spiro atoms. The Morgan fingerprint density at radius 3 is 2.91 bits per heavy atom. The maximum absolute atomic E-state index is 10.5. The number of aliphatic hydroxyl groups is 1. The van der Waals surface area contributed by atoms with Crippen molar-refractivity contribution < 1.29 is 9.52 Å². The summed E-state index contributed by atoms with van der Waals surface area (Å²) in [4.78, 5) is 13.0. The van der Waals surface area contributed by atoms with Gasteiger partial charge in [0.15, 0.2) is 17.3 Å². The van der Waals surface area contributed by atoms with Gasteiger partial charge in [0.2, 0.25) is 5.89 Å². The Labute approximate surface area is 132 Å². The molecule has 0 aliphatic heterocycles. The Morgan fingerprint density at radius 2 is 2.26 bits per heavy atom. The summed E-state index contributed by atoms with van der Waals surface area (Å²) in [6.45, 7) is 3.70. The molecule has 0 aromatic carbocycles. The maximum Gasteiger partial charge on any atom is 0.246 e. The monoisotopic (exact) mass is 314 g/mol. The molecule has 23 heavy (non-hydrogen) atoms. The van der Waals surface area contributed by atoms with Crippen LogP contribution in [0.4, 0.5) is 5.82 Å². The largest absolute Gasteiger partial charge is 0.443 e. The van der Waals surface area contributed by atoms with Crippen molar-refractivity contribution in [1.82, 2.24) is 24.6 Å². The van der Waals surface area contributed by atoms with Crippen molar-refractivity contribution in [3.63, 3.8) is 0 Å². The summed E-state index contributed by atoms with van der Waals surface area (Å²) in [5.41, 5.74) is 7.04. The minimum atomic E-state index is -0.785. The Balaban J connectivity index is 1.89. The van der Waals surface area contributed by atoms with Gasteiger partial charge in [-0.2, -0.15) is 5.10 Å². The van der Waals surface area contributed by atoms with E-state index < -0.39 is 5.60 Å². The molecule has 0 saturated heterocycles. The smallest absolute Gasteiger partial charge is 0.246 e. The first-order chi connectivity index (χ1) is 11.0. The summed E-state index contributed by atoms with van der Waals surface area (Å²) < 4.78 is 6.97. The number of nitrogens with zero attached hydrogens (tertiary/aromatic N) is 5. The van der Waals surface area contributed by atoms with Gasteiger partial charge in [0.1, 0.15) is 12.0 Å². The Bertz CT molecular complexity index is 868. The molecule has 4 rings (SSSR count). The molecule has 2 unspecified atom stereocenters. The van der Waals surface area contributed by atoms with Crippen molar-refractivity contribution in [2.24, 2.45) is 0 Å². The van der Waals surface area contributed by atoms with Crippen LogP contribution < -0.4 is 5.73 Å². The van der Waals surface area contributed by atoms with Crippen molar-refractivity contribution in [1.29, 1.82) is 0 Å². The molecule has 3 aromatic heterocycles. The third kappa shape index (κ3) is 2.09. The van der Waals surface area contributed by atoms with Gasteiger partial charge >= 0.3 is 0 Å². The normalized spacial score (nSPS) is 24.6. The summed E-state index contributed by atoms with van der Waals surface area (Å²) in [5, 5.41) is 15.1. The average molecular weight is 314 g/mol. The van der Waals surface area contributed by atoms with Crippen LogP contribution in [0.1, 0.15) is 43.6 Å². The number of nitrogens with two attached hydrogens (primary N) is 1. The quantitative estimate of drug-likeness (QED) is 0.739. The number of rotatable bonds is 2. The van der Waals surface area contributed by atoms with E-state index in [1.807, 2.05) is 13.8 Å². The zero-order valence-corrected chi connectivity index (χ0v) is 13.0. The van der Waals surface area contributed by atoms with Gasteiger partial charge in [-0.05, 0) is 33.1 Å². The second-order valence-electron chi connectivity index (χ2n) is 6.28. The Morgan fingerprint density at radius 1 is 1.43 bits per heavy atom. The van der Waals surface area contributed by atoms with Gasteiger partial charge in [0.05, 0.1) is 17.5 Å². The molecule has 1 saturated carbocycles. The minimum absolute atomic E-state index is 0.0913. The van der Waals surface area contributed by atoms with Crippen LogP contribution in [0.25, 0.3) is 17.2 Å². The van der Waals surface area contributed by atoms with Crippen LogP contribution in [0, 0.1) is 6.92 Å². The van der Waals surface area contributed by atoms with Crippen LogP contribution in [-0.4, -0.2) is 35.3 Å². The summed E-state index contributed by atoms with van der Waals surface area (Å²) in [6.07, 6.45) is 5.62. The van der Waals surface area contributed by atoms with Gasteiger partial charge in [0, 0.05) is 5.92 Å². The second kappa shape index (κ2) is 4.76. The first-order valence-corrected chi connectivity index (χ1v) is 7.62. The molecule has 8 heteroatoms. The fourth-order valence-corrected chi connectivity index (χ4v) is 3.33. The number of aryl methyl sites for hydroxylation is 1. The van der Waals surface area contributed by atoms with Crippen molar-refractivity contribution in [2.75, 3.05) is 5.73 Å². The molecule has 1 aliphatic rings. The number of anilines is 1. The van der Waals surface area contributed by atoms with Crippen molar-refractivity contribution in [2.45, 2.75) is 44.6 Å². The topological polar surface area (TPSA) is 115 Å². The second-order valence-corrected chi connectivity index (χ2v) is 6.28. The zero-order chi connectivity index (χ0) is 16.2. The molecule has 0 bridgehead atoms. The van der Waals surface area contributed by atoms with Crippen LogP contribution in [0.3, 0.4) is 0 Å². The number of hydrogen-bond donors (Lipinski definition) is 2. The first kappa shape index (κ1) is 14.1. The predicted octanol–water partition coefficient (Wildman–Crippen LogP) is 1.69. The maximum atomic E-state index is 10.5. The molecule has 120 valence electrons. The Kier molecular flexibility index (Phi) is 2.92. The Hall–Kier alpha value is -2.48. The molecule has 0 amide bonds. The summed E-state index contributed by atoms with van der Waals surface area (Å²) in [5.74, 6) is 1.17. The van der Waals surface area contributed by atoms with E-state index in [0.717, 1.165) is 25.0 Å². The minimum Gasteiger partial charge on any atom is -0.443 e. The van der Waals surface area contributed by atoms with Gasteiger partial charge in [-0.25, -0.2) is 19.5 Å². The summed E-state index contributed by atoms with van der Waals surface area (Å²) in [6, 6.07) is 0. The van der Waals surface area contributed by atoms with Crippen LogP contribution in [-0.2, 0) is 0 Å². The van der Waals surface area contributed by atoms with Crippen LogP contribution in [0.15, 0.2) is 16.9 Å². The van der Waals surface area contributed by atoms with Crippen LogP contribution in [0.5, 0.6) is 0 Å². The molecule has 2 atom stereocenters. The lowest BCUT2D eigenvalue weighted by Gasteiger charge is -2.22. The molecular formula is C15H18N6O2. The molecule has 8 nitrogen and oxygen atoms in total. The summed E-state index contributed by atoms with van der Waals surface area (Å²) >= 11 is 0. The van der Waals surface area contributed by atoms with E-state index in [-0.39, 0.29) is 11.7 Å². The number of hydrogen-bond acceptors (Lipinski definition) is 7. The SMILES string of the molecule is Cc1c(-c2ncco2)nc(N)c2nc(C3CCCC3(C)O)nn12. The highest BCUT2D eigenvalue weighted by Gasteiger charge is 2.40. The standard InChI is InChI=1S/C15H18N6O2/c1-8-10(14-17-6-7-23-14)18-11(16)13-19-12(20-21(8)13)9-4-3-5-15(9,2)22/h6-7,9,22H,3-5H2,1-2H3,(H2,16,18). The lowest BCUT2D eigenvalue weighted by Crippen LogP contribution is -2.27. The fraction of sp³-hybridized carbons (Fsp3) is 0.467. The highest BCUT2D eigenvalue weighted by atomic mass is 16.3. The fourth-order valence-electron chi connectivity index (χ4n) is 3.33. The molecule has 3 aromatic rings. The molecule has 1 fully saturated rings. The number of fused-ring (bicyclic) bond motifs is 1. The number of aromatic nitrogens is 5. The first-order valence-electron chi connectivity index (χ1n) is 7.62. The molecular weight excluding hydrogens is 296 g/mol. The van der Waals surface area contributed by atoms with E-state index in [9.17, 15) is 5.11 Å². The predicted molar refractivity (Wildman–Crippen MR) is 82.6 cm³/mol. The highest BCUT2D eigenvalue weighted by Crippen LogP contribution is 2.41. The highest BCUT2D eigenvalue weighted by molar-refractivity contribution is 5.66. The van der Waals surface area contributed by atoms with Gasteiger partial charge < -0.3 is 15.3 Å². The van der Waals surface area contributed by atoms with E-state index in [1.165, 1.54) is 6.26 Å². The molecule has 1 aliphatic carbocycles. The molecule has 3 heterocycles. The number of oxazole rings is 1. The van der Waals surface area contributed by atoms with Gasteiger partial charge in [0.25, 0.3) is 0 Å². The van der Waals surface area contributed by atoms with Gasteiger partial charge in [-0.1, -0.05) is 0 Å². The lowest BCUT2D eigenvalue weighted by atomic mass is 9.92. The van der Waals surface area contributed by atoms with Crippen LogP contribution >= 0.6 is 0 Å². The van der Waals surface area contributed by atoms with Gasteiger partial charge in [-0.3, -0.25) is 0 Å². The third-order valence-electron chi connectivity index (χ3n) is 4.62. The average Bonchev–Trinajstić information content (AvgIpc) is 3.21. The van der Waals surface area contributed by atoms with Crippen molar-refractivity contribution >= 4 is 11.5 Å². The van der Waals surface area contributed by atoms with Crippen molar-refractivity contribution in [3.05, 3.63) is 24.0 Å². The van der Waals surface area contributed by atoms with Gasteiger partial charge in [-0.15, -0.1) is 0 Å². The van der Waals surface area contributed by atoms with Crippen molar-refractivity contribution in [3.8, 4) is 11.6 Å². The van der Waals surface area contributed by atoms with E-state index in [1.54, 1.807) is 10.7 Å². The summed E-state index contributed by atoms with van der Waals surface area (Å²) in [7, 11) is 0.